The molecule has 0 radical (unpaired) electrons. The molecule has 1 aliphatic heterocycles. The second kappa shape index (κ2) is 10.8. The molecule has 0 fully saturated rings. The van der Waals surface area contributed by atoms with Gasteiger partial charge in [0, 0.05) is 60.1 Å². The van der Waals surface area contributed by atoms with Crippen LogP contribution in [-0.2, 0) is 16.6 Å². The van der Waals surface area contributed by atoms with Crippen LogP contribution >= 0.6 is 0 Å². The maximum Gasteiger partial charge on any atom is 0.246 e. The number of fused-ring (bicyclic) bond motifs is 2. The number of anilines is 2. The highest BCUT2D eigenvalue weighted by Gasteiger charge is 2.25. The van der Waals surface area contributed by atoms with Crippen molar-refractivity contribution in [1.82, 2.24) is 9.55 Å². The second-order valence-corrected chi connectivity index (χ2v) is 9.99. The summed E-state index contributed by atoms with van der Waals surface area (Å²) in [6.45, 7) is 0.522. The lowest BCUT2D eigenvalue weighted by Crippen LogP contribution is -2.39. The van der Waals surface area contributed by atoms with Gasteiger partial charge in [-0.05, 0) is 67.1 Å². The molecule has 3 N–H and O–H groups in total. The van der Waals surface area contributed by atoms with Crippen molar-refractivity contribution < 1.29 is 19.1 Å². The fourth-order valence-corrected chi connectivity index (χ4v) is 5.34. The van der Waals surface area contributed by atoms with E-state index in [0.717, 1.165) is 22.0 Å². The van der Waals surface area contributed by atoms with E-state index < -0.39 is 0 Å². The number of hydrogen-bond donors (Lipinski definition) is 3. The average Bonchev–Trinajstić information content (AvgIpc) is 3.17. The molecule has 8 nitrogen and oxygen atoms in total. The van der Waals surface area contributed by atoms with Gasteiger partial charge in [-0.3, -0.25) is 9.59 Å². The Labute approximate surface area is 235 Å². The largest absolute Gasteiger partial charge is 0.494 e. The molecule has 0 unspecified atom stereocenters. The van der Waals surface area contributed by atoms with E-state index in [2.05, 4.69) is 15.3 Å². The fraction of sp³-hybridized carbons (Fsp3) is 0.156. The Hall–Kier alpha value is -5.18. The van der Waals surface area contributed by atoms with Gasteiger partial charge in [-0.1, -0.05) is 18.2 Å². The maximum absolute atomic E-state index is 13.6. The topological polar surface area (TPSA) is 103 Å². The number of aryl methyl sites for hydroxylation is 1. The Morgan fingerprint density at radius 2 is 1.83 bits per heavy atom. The Morgan fingerprint density at radius 1 is 1.05 bits per heavy atom. The smallest absolute Gasteiger partial charge is 0.246 e. The molecular weight excluding hydrogens is 521 g/mol. The molecule has 2 aliphatic rings. The van der Waals surface area contributed by atoms with Gasteiger partial charge in [0.2, 0.25) is 11.8 Å². The van der Waals surface area contributed by atoms with Crippen LogP contribution in [0.5, 0.6) is 5.88 Å². The summed E-state index contributed by atoms with van der Waals surface area (Å²) in [5.74, 6) is -0.794. The first-order valence-electron chi connectivity index (χ1n) is 13.4. The van der Waals surface area contributed by atoms with E-state index in [9.17, 15) is 19.1 Å². The van der Waals surface area contributed by atoms with E-state index in [1.807, 2.05) is 65.1 Å². The minimum Gasteiger partial charge on any atom is -0.494 e. The van der Waals surface area contributed by atoms with Crippen LogP contribution in [-0.4, -0.2) is 33.0 Å². The summed E-state index contributed by atoms with van der Waals surface area (Å²) < 4.78 is 15.5. The van der Waals surface area contributed by atoms with Crippen LogP contribution in [0, 0.1) is 5.82 Å². The number of hydrogen-bond acceptors (Lipinski definition) is 4. The van der Waals surface area contributed by atoms with E-state index in [1.54, 1.807) is 24.4 Å². The molecule has 2 aromatic heterocycles. The van der Waals surface area contributed by atoms with Crippen LogP contribution < -0.4 is 26.1 Å². The van der Waals surface area contributed by atoms with Crippen molar-refractivity contribution in [3.8, 4) is 17.1 Å². The van der Waals surface area contributed by atoms with Crippen LogP contribution in [0.1, 0.15) is 24.8 Å². The maximum atomic E-state index is 13.6. The van der Waals surface area contributed by atoms with Gasteiger partial charge < -0.3 is 24.9 Å². The van der Waals surface area contributed by atoms with E-state index in [-0.39, 0.29) is 36.4 Å². The van der Waals surface area contributed by atoms with Gasteiger partial charge in [0.15, 0.2) is 5.88 Å². The number of rotatable bonds is 6. The van der Waals surface area contributed by atoms with Crippen LogP contribution in [0.3, 0.4) is 0 Å². The predicted octanol–water partition coefficient (Wildman–Crippen LogP) is 3.54. The number of pyridine rings is 1. The monoisotopic (exact) mass is 549 g/mol. The molecule has 2 amide bonds. The van der Waals surface area contributed by atoms with Gasteiger partial charge in [0.05, 0.1) is 22.3 Å². The second-order valence-electron chi connectivity index (χ2n) is 9.99. The van der Waals surface area contributed by atoms with Gasteiger partial charge in [-0.2, -0.15) is 0 Å². The Kier molecular flexibility index (Phi) is 6.84. The first-order chi connectivity index (χ1) is 19.9. The van der Waals surface area contributed by atoms with Gasteiger partial charge >= 0.3 is 0 Å². The molecule has 0 saturated heterocycles. The quantitative estimate of drug-likeness (QED) is 0.342. The molecule has 0 spiro atoms. The summed E-state index contributed by atoms with van der Waals surface area (Å²) in [5, 5.41) is 16.0. The van der Waals surface area contributed by atoms with Crippen molar-refractivity contribution >= 4 is 41.0 Å². The van der Waals surface area contributed by atoms with E-state index in [4.69, 9.17) is 0 Å². The number of benzene rings is 2. The van der Waals surface area contributed by atoms with Gasteiger partial charge in [0.1, 0.15) is 5.82 Å². The van der Waals surface area contributed by atoms with Crippen LogP contribution in [0.25, 0.3) is 29.1 Å². The van der Waals surface area contributed by atoms with E-state index in [1.165, 1.54) is 12.1 Å². The predicted molar refractivity (Wildman–Crippen MR) is 156 cm³/mol. The average molecular weight is 550 g/mol. The minimum absolute atomic E-state index is 0.0122. The molecule has 3 heterocycles. The lowest BCUT2D eigenvalue weighted by Gasteiger charge is -2.26. The number of para-hydroxylation sites is 1. The molecule has 2 aromatic carbocycles. The highest BCUT2D eigenvalue weighted by atomic mass is 19.1. The number of carbonyl (C=O) groups excluding carboxylic acids is 2. The normalized spacial score (nSPS) is 13.8. The summed E-state index contributed by atoms with van der Waals surface area (Å²) in [6.07, 6.45) is 8.32. The molecular formula is C32H28FN5O3. The third-order valence-electron chi connectivity index (χ3n) is 7.25. The summed E-state index contributed by atoms with van der Waals surface area (Å²) in [5.41, 5.74) is 4.35. The van der Waals surface area contributed by atoms with Crippen LogP contribution in [0.2, 0.25) is 0 Å². The van der Waals surface area contributed by atoms with Crippen LogP contribution in [0.15, 0.2) is 77.9 Å². The Morgan fingerprint density at radius 3 is 2.61 bits per heavy atom. The zero-order chi connectivity index (χ0) is 28.5. The van der Waals surface area contributed by atoms with Gasteiger partial charge in [0.25, 0.3) is 0 Å². The molecule has 41 heavy (non-hydrogen) atoms. The molecule has 0 saturated carbocycles. The number of aromatic hydroxyl groups is 1. The lowest BCUT2D eigenvalue weighted by molar-refractivity contribution is -0.118. The van der Waals surface area contributed by atoms with Crippen molar-refractivity contribution in [1.29, 1.82) is 0 Å². The zero-order valence-electron chi connectivity index (χ0n) is 22.4. The fourth-order valence-electron chi connectivity index (χ4n) is 5.34. The number of halogens is 1. The molecule has 4 aromatic rings. The first kappa shape index (κ1) is 26.1. The highest BCUT2D eigenvalue weighted by Crippen LogP contribution is 2.31. The Bertz CT molecular complexity index is 1890. The minimum atomic E-state index is -0.333. The van der Waals surface area contributed by atoms with Crippen molar-refractivity contribution in [2.24, 2.45) is 12.0 Å². The number of amides is 2. The number of aromatic nitrogens is 2. The highest BCUT2D eigenvalue weighted by molar-refractivity contribution is 5.92. The molecule has 1 aliphatic carbocycles. The molecule has 6 rings (SSSR count). The summed E-state index contributed by atoms with van der Waals surface area (Å²) in [7, 11) is 1.87. The third-order valence-corrected chi connectivity index (χ3v) is 7.25. The number of nitrogens with zero attached hydrogens (tertiary/aromatic N) is 3. The van der Waals surface area contributed by atoms with Crippen molar-refractivity contribution in [3.05, 3.63) is 100 Å². The summed E-state index contributed by atoms with van der Waals surface area (Å²) in [6, 6.07) is 17.2. The van der Waals surface area contributed by atoms with Crippen molar-refractivity contribution in [3.63, 3.8) is 0 Å². The van der Waals surface area contributed by atoms with Crippen molar-refractivity contribution in [2.45, 2.75) is 19.3 Å². The zero-order valence-corrected chi connectivity index (χ0v) is 22.4. The molecule has 9 heteroatoms. The molecule has 206 valence electrons. The number of H-pyrrole nitrogens is 1. The van der Waals surface area contributed by atoms with E-state index in [0.29, 0.717) is 40.8 Å². The van der Waals surface area contributed by atoms with Crippen molar-refractivity contribution in [2.75, 3.05) is 16.8 Å². The van der Waals surface area contributed by atoms with E-state index >= 15 is 0 Å². The van der Waals surface area contributed by atoms with Gasteiger partial charge in [-0.25, -0.2) is 9.38 Å². The first-order valence-corrected chi connectivity index (χ1v) is 13.4. The number of nitrogens with one attached hydrogen (secondary N) is 2. The van der Waals surface area contributed by atoms with Crippen LogP contribution in [0.4, 0.5) is 15.8 Å². The molecule has 0 atom stereocenters. The number of aromatic amines is 1. The summed E-state index contributed by atoms with van der Waals surface area (Å²) >= 11 is 0. The standard InChI is InChI=1S/C32H28FN5O3/c1-37-18-16-24(35-28(40)9-5-8-27(39)34-21-6-3-2-4-7-21)23-14-15-26-29-25(36-32(41)30(29)31(23)37)17-19-38(26)22-12-10-20(33)11-13-22/h2-4,6-7,10-18,36,41H,5,8-9,19H2,1H3,(H,34,39). The lowest BCUT2D eigenvalue weighted by atomic mass is 10.1. The molecule has 0 bridgehead atoms. The number of carbonyl (C=O) groups is 2. The SMILES string of the molecule is Cn1ccc(=NC(=O)CCCC(=O)Nc2ccccc2)c2c1-c1c(O)[nH]c3c1=C(C=C2)N(c1ccc(F)cc1)CC=3. The Balaban J connectivity index is 1.31. The summed E-state index contributed by atoms with van der Waals surface area (Å²) in [4.78, 5) is 34.7. The van der Waals surface area contributed by atoms with Gasteiger partial charge in [-0.15, -0.1) is 0 Å². The third kappa shape index (κ3) is 5.09.